The standard InChI is InChI=1S/C14H22N2O2S/c1-10(17)11(2)19-14(16-9-15-3)12-7-5-6-8-13(12)18-4/h5-8,10-11,15,17H,9H2,1-4H3/t10-,11?/m0/s1. The van der Waals surface area contributed by atoms with Gasteiger partial charge in [0.2, 0.25) is 0 Å². The lowest BCUT2D eigenvalue weighted by molar-refractivity contribution is 0.196. The van der Waals surface area contributed by atoms with Gasteiger partial charge in [-0.1, -0.05) is 19.1 Å². The zero-order chi connectivity index (χ0) is 14.3. The fraction of sp³-hybridized carbons (Fsp3) is 0.500. The number of aliphatic imine (C=N–C) groups is 1. The van der Waals surface area contributed by atoms with Crippen molar-refractivity contribution in [3.05, 3.63) is 29.8 Å². The smallest absolute Gasteiger partial charge is 0.128 e. The molecule has 0 aliphatic rings. The minimum Gasteiger partial charge on any atom is -0.496 e. The lowest BCUT2D eigenvalue weighted by Gasteiger charge is -2.17. The van der Waals surface area contributed by atoms with Crippen molar-refractivity contribution in [1.82, 2.24) is 5.32 Å². The summed E-state index contributed by atoms with van der Waals surface area (Å²) in [5, 5.41) is 13.6. The maximum Gasteiger partial charge on any atom is 0.128 e. The van der Waals surface area contributed by atoms with Crippen LogP contribution in [-0.4, -0.2) is 42.3 Å². The van der Waals surface area contributed by atoms with E-state index in [4.69, 9.17) is 4.74 Å². The normalized spacial score (nSPS) is 15.1. The molecule has 0 saturated carbocycles. The highest BCUT2D eigenvalue weighted by molar-refractivity contribution is 8.15. The van der Waals surface area contributed by atoms with Gasteiger partial charge in [-0.2, -0.15) is 0 Å². The number of nitrogens with zero attached hydrogens (tertiary/aromatic N) is 1. The molecule has 0 fully saturated rings. The zero-order valence-electron chi connectivity index (χ0n) is 11.9. The summed E-state index contributed by atoms with van der Waals surface area (Å²) in [5.74, 6) is 0.794. The van der Waals surface area contributed by atoms with Crippen LogP contribution in [0.5, 0.6) is 5.75 Å². The van der Waals surface area contributed by atoms with Gasteiger partial charge in [0.05, 0.1) is 19.9 Å². The number of hydrogen-bond acceptors (Lipinski definition) is 5. The molecule has 19 heavy (non-hydrogen) atoms. The highest BCUT2D eigenvalue weighted by Gasteiger charge is 2.17. The van der Waals surface area contributed by atoms with Crippen LogP contribution in [-0.2, 0) is 0 Å². The van der Waals surface area contributed by atoms with Crippen LogP contribution in [0, 0.1) is 0 Å². The Labute approximate surface area is 119 Å². The number of benzene rings is 1. The number of methoxy groups -OCH3 is 1. The van der Waals surface area contributed by atoms with E-state index in [2.05, 4.69) is 10.3 Å². The van der Waals surface area contributed by atoms with Crippen molar-refractivity contribution in [2.24, 2.45) is 4.99 Å². The summed E-state index contributed by atoms with van der Waals surface area (Å²) < 4.78 is 5.37. The van der Waals surface area contributed by atoms with Crippen LogP contribution >= 0.6 is 11.8 Å². The Morgan fingerprint density at radius 1 is 1.42 bits per heavy atom. The van der Waals surface area contributed by atoms with E-state index in [-0.39, 0.29) is 11.4 Å². The van der Waals surface area contributed by atoms with E-state index >= 15 is 0 Å². The molecule has 0 amide bonds. The summed E-state index contributed by atoms with van der Waals surface area (Å²) >= 11 is 1.56. The van der Waals surface area contributed by atoms with Crippen LogP contribution < -0.4 is 10.1 Å². The first kappa shape index (κ1) is 16.0. The van der Waals surface area contributed by atoms with E-state index in [1.165, 1.54) is 0 Å². The summed E-state index contributed by atoms with van der Waals surface area (Å²) in [6.45, 7) is 4.31. The molecule has 0 heterocycles. The van der Waals surface area contributed by atoms with Crippen LogP contribution in [0.2, 0.25) is 0 Å². The molecule has 1 rings (SSSR count). The molecule has 2 atom stereocenters. The van der Waals surface area contributed by atoms with E-state index in [1.807, 2.05) is 38.2 Å². The van der Waals surface area contributed by atoms with E-state index in [1.54, 1.807) is 25.8 Å². The Morgan fingerprint density at radius 2 is 2.11 bits per heavy atom. The SMILES string of the molecule is CNCN=C(SC(C)[C@H](C)O)c1ccccc1OC. The lowest BCUT2D eigenvalue weighted by Crippen LogP contribution is -2.19. The molecule has 0 radical (unpaired) electrons. The monoisotopic (exact) mass is 282 g/mol. The van der Waals surface area contributed by atoms with Crippen molar-refractivity contribution in [2.45, 2.75) is 25.2 Å². The van der Waals surface area contributed by atoms with E-state index in [0.29, 0.717) is 6.67 Å². The predicted molar refractivity (Wildman–Crippen MR) is 82.2 cm³/mol. The van der Waals surface area contributed by atoms with Gasteiger partial charge in [0.1, 0.15) is 10.8 Å². The van der Waals surface area contributed by atoms with Crippen LogP contribution in [0.4, 0.5) is 0 Å². The summed E-state index contributed by atoms with van der Waals surface area (Å²) in [7, 11) is 3.50. The molecular weight excluding hydrogens is 260 g/mol. The number of thioether (sulfide) groups is 1. The molecule has 106 valence electrons. The average molecular weight is 282 g/mol. The summed E-state index contributed by atoms with van der Waals surface area (Å²) in [4.78, 5) is 4.52. The second kappa shape index (κ2) is 8.19. The Bertz CT molecular complexity index is 422. The van der Waals surface area contributed by atoms with Crippen LogP contribution in [0.25, 0.3) is 0 Å². The largest absolute Gasteiger partial charge is 0.496 e. The quantitative estimate of drug-likeness (QED) is 0.620. The van der Waals surface area contributed by atoms with Crippen molar-refractivity contribution < 1.29 is 9.84 Å². The molecule has 0 aliphatic carbocycles. The van der Waals surface area contributed by atoms with Gasteiger partial charge in [0.25, 0.3) is 0 Å². The maximum absolute atomic E-state index is 9.65. The Hall–Kier alpha value is -1.04. The number of ether oxygens (including phenoxy) is 1. The average Bonchev–Trinajstić information content (AvgIpc) is 2.43. The van der Waals surface area contributed by atoms with Gasteiger partial charge in [0.15, 0.2) is 0 Å². The number of aliphatic hydroxyl groups is 1. The molecule has 2 N–H and O–H groups in total. The Morgan fingerprint density at radius 3 is 2.68 bits per heavy atom. The second-order valence-electron chi connectivity index (χ2n) is 4.24. The van der Waals surface area contributed by atoms with Crippen molar-refractivity contribution in [1.29, 1.82) is 0 Å². The topological polar surface area (TPSA) is 53.9 Å². The minimum absolute atomic E-state index is 0.0699. The first-order valence-corrected chi connectivity index (χ1v) is 7.15. The van der Waals surface area contributed by atoms with E-state index in [9.17, 15) is 5.11 Å². The fourth-order valence-corrected chi connectivity index (χ4v) is 2.42. The van der Waals surface area contributed by atoms with Crippen molar-refractivity contribution >= 4 is 16.8 Å². The molecule has 0 aromatic heterocycles. The van der Waals surface area contributed by atoms with Crippen LogP contribution in [0.1, 0.15) is 19.4 Å². The Kier molecular flexibility index (Phi) is 6.91. The molecule has 5 heteroatoms. The van der Waals surface area contributed by atoms with Gasteiger partial charge in [-0.15, -0.1) is 11.8 Å². The highest BCUT2D eigenvalue weighted by atomic mass is 32.2. The third-order valence-corrected chi connectivity index (χ3v) is 4.03. The number of rotatable bonds is 6. The molecule has 1 unspecified atom stereocenters. The predicted octanol–water partition coefficient (Wildman–Crippen LogP) is 2.12. The van der Waals surface area contributed by atoms with Gasteiger partial charge in [-0.25, -0.2) is 0 Å². The summed E-state index contributed by atoms with van der Waals surface area (Å²) in [6.07, 6.45) is -0.389. The van der Waals surface area contributed by atoms with Gasteiger partial charge < -0.3 is 15.2 Å². The second-order valence-corrected chi connectivity index (χ2v) is 5.60. The maximum atomic E-state index is 9.65. The van der Waals surface area contributed by atoms with Gasteiger partial charge in [0, 0.05) is 10.8 Å². The summed E-state index contributed by atoms with van der Waals surface area (Å²) in [5.41, 5.74) is 0.956. The third-order valence-electron chi connectivity index (χ3n) is 2.70. The number of para-hydroxylation sites is 1. The molecule has 0 bridgehead atoms. The van der Waals surface area contributed by atoms with Crippen molar-refractivity contribution in [2.75, 3.05) is 20.8 Å². The molecule has 4 nitrogen and oxygen atoms in total. The first-order chi connectivity index (χ1) is 9.10. The molecule has 0 spiro atoms. The van der Waals surface area contributed by atoms with Gasteiger partial charge in [-0.3, -0.25) is 4.99 Å². The molecule has 0 saturated heterocycles. The summed E-state index contributed by atoms with van der Waals surface area (Å²) in [6, 6.07) is 7.79. The Balaban J connectivity index is 3.03. The van der Waals surface area contributed by atoms with Crippen LogP contribution in [0.15, 0.2) is 29.3 Å². The molecule has 1 aromatic carbocycles. The lowest BCUT2D eigenvalue weighted by atomic mass is 10.2. The molecular formula is C14H22N2O2S. The number of hydrogen-bond donors (Lipinski definition) is 2. The van der Waals surface area contributed by atoms with Crippen LogP contribution in [0.3, 0.4) is 0 Å². The van der Waals surface area contributed by atoms with Gasteiger partial charge in [-0.05, 0) is 26.1 Å². The fourth-order valence-electron chi connectivity index (χ4n) is 1.43. The van der Waals surface area contributed by atoms with Crippen molar-refractivity contribution in [3.8, 4) is 5.75 Å². The molecule has 1 aromatic rings. The third kappa shape index (κ3) is 4.86. The minimum atomic E-state index is -0.389. The van der Waals surface area contributed by atoms with E-state index < -0.39 is 0 Å². The van der Waals surface area contributed by atoms with Crippen molar-refractivity contribution in [3.63, 3.8) is 0 Å². The first-order valence-electron chi connectivity index (χ1n) is 6.27. The van der Waals surface area contributed by atoms with E-state index in [0.717, 1.165) is 16.4 Å². The molecule has 0 aliphatic heterocycles. The number of nitrogens with one attached hydrogen (secondary N) is 1. The van der Waals surface area contributed by atoms with Gasteiger partial charge >= 0.3 is 0 Å². The zero-order valence-corrected chi connectivity index (χ0v) is 12.7. The highest BCUT2D eigenvalue weighted by Crippen LogP contribution is 2.27. The number of aliphatic hydroxyl groups excluding tert-OH is 1.